The summed E-state index contributed by atoms with van der Waals surface area (Å²) >= 11 is 14.4. The second kappa shape index (κ2) is 14.2. The van der Waals surface area contributed by atoms with Crippen molar-refractivity contribution >= 4 is 62.5 Å². The molecule has 11 heteroatoms. The molecule has 7 nitrogen and oxygen atoms in total. The molecular weight excluding hydrogens is 613 g/mol. The summed E-state index contributed by atoms with van der Waals surface area (Å²) in [5.74, 6) is -0.939. The number of aryl methyl sites for hydroxylation is 1. The molecule has 3 aromatic carbocycles. The second-order valence-corrected chi connectivity index (χ2v) is 14.5. The molecule has 0 saturated heterocycles. The third-order valence-electron chi connectivity index (χ3n) is 6.52. The summed E-state index contributed by atoms with van der Waals surface area (Å²) in [6.45, 7) is 8.61. The molecule has 0 bridgehead atoms. The van der Waals surface area contributed by atoms with Gasteiger partial charge < -0.3 is 10.2 Å². The highest BCUT2D eigenvalue weighted by molar-refractivity contribution is 7.98. The molecule has 0 saturated carbocycles. The van der Waals surface area contributed by atoms with Crippen molar-refractivity contribution in [3.8, 4) is 0 Å². The molecule has 3 rings (SSSR count). The molecule has 0 aliphatic heterocycles. The molecule has 2 amide bonds. The number of amides is 2. The van der Waals surface area contributed by atoms with Crippen LogP contribution in [0, 0.1) is 6.92 Å². The van der Waals surface area contributed by atoms with Gasteiger partial charge in [0, 0.05) is 32.6 Å². The summed E-state index contributed by atoms with van der Waals surface area (Å²) in [6, 6.07) is 17.5. The minimum Gasteiger partial charge on any atom is -0.350 e. The van der Waals surface area contributed by atoms with Gasteiger partial charge in [-0.25, -0.2) is 8.42 Å². The van der Waals surface area contributed by atoms with Crippen LogP contribution >= 0.6 is 35.0 Å². The number of nitrogens with one attached hydrogen (secondary N) is 1. The maximum atomic E-state index is 14.2. The highest BCUT2D eigenvalue weighted by atomic mass is 35.5. The van der Waals surface area contributed by atoms with Gasteiger partial charge in [-0.3, -0.25) is 13.9 Å². The van der Waals surface area contributed by atoms with Crippen LogP contribution in [0.4, 0.5) is 5.69 Å². The minimum atomic E-state index is -4.17. The molecule has 0 aliphatic carbocycles. The van der Waals surface area contributed by atoms with Gasteiger partial charge in [-0.05, 0) is 88.9 Å². The highest BCUT2D eigenvalue weighted by Gasteiger charge is 2.35. The molecule has 226 valence electrons. The molecule has 0 spiro atoms. The average molecular weight is 651 g/mol. The zero-order valence-electron chi connectivity index (χ0n) is 24.6. The Morgan fingerprint density at radius 1 is 0.952 bits per heavy atom. The van der Waals surface area contributed by atoms with Crippen LogP contribution < -0.4 is 9.62 Å². The number of carbonyl (C=O) groups excluding carboxylic acids is 2. The second-order valence-electron chi connectivity index (χ2n) is 10.9. The predicted octanol–water partition coefficient (Wildman–Crippen LogP) is 6.94. The van der Waals surface area contributed by atoms with Gasteiger partial charge in [-0.15, -0.1) is 11.8 Å². The first-order valence-corrected chi connectivity index (χ1v) is 16.9. The van der Waals surface area contributed by atoms with Crippen molar-refractivity contribution in [3.05, 3.63) is 87.9 Å². The van der Waals surface area contributed by atoms with Gasteiger partial charge in [-0.2, -0.15) is 0 Å². The van der Waals surface area contributed by atoms with Crippen molar-refractivity contribution in [1.82, 2.24) is 10.2 Å². The first kappa shape index (κ1) is 33.8. The van der Waals surface area contributed by atoms with Crippen LogP contribution in [0.5, 0.6) is 0 Å². The van der Waals surface area contributed by atoms with E-state index in [-0.39, 0.29) is 23.8 Å². The fraction of sp³-hybridized carbons (Fsp3) is 0.355. The van der Waals surface area contributed by atoms with Crippen molar-refractivity contribution in [2.75, 3.05) is 17.1 Å². The summed E-state index contributed by atoms with van der Waals surface area (Å²) < 4.78 is 29.1. The molecule has 1 N–H and O–H groups in total. The van der Waals surface area contributed by atoms with Crippen LogP contribution in [0.2, 0.25) is 10.0 Å². The summed E-state index contributed by atoms with van der Waals surface area (Å²) in [5.41, 5.74) is 1.17. The summed E-state index contributed by atoms with van der Waals surface area (Å²) in [6.07, 6.45) is 2.18. The Bertz CT molecular complexity index is 1490. The number of anilines is 1. The average Bonchev–Trinajstić information content (AvgIpc) is 2.92. The highest BCUT2D eigenvalue weighted by Crippen LogP contribution is 2.29. The number of hydrogen-bond donors (Lipinski definition) is 1. The number of hydrogen-bond acceptors (Lipinski definition) is 5. The molecule has 1 atom stereocenters. The van der Waals surface area contributed by atoms with Gasteiger partial charge >= 0.3 is 0 Å². The Kier molecular flexibility index (Phi) is 11.4. The third-order valence-corrected chi connectivity index (χ3v) is 9.76. The van der Waals surface area contributed by atoms with Crippen molar-refractivity contribution in [2.24, 2.45) is 0 Å². The SMILES string of the molecule is CC[C@H](C(=O)NC(C)(C)C)N(Cc1c(Cl)cccc1Cl)C(=O)CN(c1ccc(C)cc1)S(=O)(=O)c1ccc(SC)cc1. The number of rotatable bonds is 11. The Morgan fingerprint density at radius 2 is 1.52 bits per heavy atom. The van der Waals surface area contributed by atoms with Gasteiger partial charge in [0.25, 0.3) is 10.0 Å². The normalized spacial score (nSPS) is 12.5. The van der Waals surface area contributed by atoms with E-state index in [0.717, 1.165) is 14.8 Å². The van der Waals surface area contributed by atoms with E-state index in [1.807, 2.05) is 34.0 Å². The Morgan fingerprint density at radius 3 is 2.02 bits per heavy atom. The number of halogens is 2. The third kappa shape index (κ3) is 8.43. The quantitative estimate of drug-likeness (QED) is 0.227. The number of thioether (sulfide) groups is 1. The first-order chi connectivity index (χ1) is 19.7. The molecule has 0 aromatic heterocycles. The van der Waals surface area contributed by atoms with E-state index in [9.17, 15) is 18.0 Å². The summed E-state index contributed by atoms with van der Waals surface area (Å²) in [7, 11) is -4.17. The van der Waals surface area contributed by atoms with E-state index >= 15 is 0 Å². The molecule has 0 fully saturated rings. The molecule has 3 aromatic rings. The van der Waals surface area contributed by atoms with Gasteiger partial charge in [0.15, 0.2) is 0 Å². The zero-order chi connectivity index (χ0) is 31.2. The van der Waals surface area contributed by atoms with E-state index in [1.54, 1.807) is 61.5 Å². The van der Waals surface area contributed by atoms with Crippen LogP contribution in [0.15, 0.2) is 76.5 Å². The van der Waals surface area contributed by atoms with Crippen molar-refractivity contribution in [2.45, 2.75) is 69.0 Å². The fourth-order valence-electron chi connectivity index (χ4n) is 4.34. The van der Waals surface area contributed by atoms with E-state index in [2.05, 4.69) is 5.32 Å². The van der Waals surface area contributed by atoms with Crippen LogP contribution in [0.25, 0.3) is 0 Å². The van der Waals surface area contributed by atoms with E-state index in [0.29, 0.717) is 21.3 Å². The molecule has 0 radical (unpaired) electrons. The lowest BCUT2D eigenvalue weighted by Gasteiger charge is -2.35. The van der Waals surface area contributed by atoms with E-state index in [1.165, 1.54) is 28.8 Å². The number of nitrogens with zero attached hydrogens (tertiary/aromatic N) is 2. The predicted molar refractivity (Wildman–Crippen MR) is 173 cm³/mol. The van der Waals surface area contributed by atoms with Gasteiger partial charge in [0.1, 0.15) is 12.6 Å². The smallest absolute Gasteiger partial charge is 0.264 e. The summed E-state index contributed by atoms with van der Waals surface area (Å²) in [5, 5.41) is 3.62. The largest absolute Gasteiger partial charge is 0.350 e. The van der Waals surface area contributed by atoms with Crippen molar-refractivity contribution in [1.29, 1.82) is 0 Å². The van der Waals surface area contributed by atoms with Crippen LogP contribution in [-0.2, 0) is 26.2 Å². The maximum Gasteiger partial charge on any atom is 0.264 e. The Labute approximate surface area is 263 Å². The van der Waals surface area contributed by atoms with Crippen molar-refractivity contribution in [3.63, 3.8) is 0 Å². The van der Waals surface area contributed by atoms with Crippen LogP contribution in [0.1, 0.15) is 45.2 Å². The maximum absolute atomic E-state index is 14.2. The standard InChI is InChI=1S/C31H37Cl2N3O4S2/c1-7-28(30(38)34-31(3,4)5)35(19-25-26(32)9-8-10-27(25)33)29(37)20-36(22-13-11-21(2)12-14-22)42(39,40)24-17-15-23(41-6)16-18-24/h8-18,28H,7,19-20H2,1-6H3,(H,34,38)/t28-/m1/s1. The minimum absolute atomic E-state index is 0.0480. The monoisotopic (exact) mass is 649 g/mol. The van der Waals surface area contributed by atoms with E-state index < -0.39 is 34.1 Å². The molecule has 0 aliphatic rings. The van der Waals surface area contributed by atoms with Gasteiger partial charge in [0.2, 0.25) is 11.8 Å². The number of benzene rings is 3. The lowest BCUT2D eigenvalue weighted by Crippen LogP contribution is -2.55. The lowest BCUT2D eigenvalue weighted by atomic mass is 10.1. The Balaban J connectivity index is 2.11. The molecule has 0 unspecified atom stereocenters. The first-order valence-electron chi connectivity index (χ1n) is 13.5. The van der Waals surface area contributed by atoms with Crippen molar-refractivity contribution < 1.29 is 18.0 Å². The van der Waals surface area contributed by atoms with Gasteiger partial charge in [0.05, 0.1) is 10.6 Å². The van der Waals surface area contributed by atoms with E-state index in [4.69, 9.17) is 23.2 Å². The fourth-order valence-corrected chi connectivity index (χ4v) is 6.68. The van der Waals surface area contributed by atoms with Gasteiger partial charge in [-0.1, -0.05) is 53.9 Å². The van der Waals surface area contributed by atoms with Crippen LogP contribution in [0.3, 0.4) is 0 Å². The Hall–Kier alpha value is -2.72. The molecular formula is C31H37Cl2N3O4S2. The number of carbonyl (C=O) groups is 2. The zero-order valence-corrected chi connectivity index (χ0v) is 27.8. The lowest BCUT2D eigenvalue weighted by molar-refractivity contribution is -0.141. The van der Waals surface area contributed by atoms with Crippen LogP contribution in [-0.4, -0.2) is 49.5 Å². The number of sulfonamides is 1. The summed E-state index contributed by atoms with van der Waals surface area (Å²) in [4.78, 5) is 30.0. The molecule has 0 heterocycles. The molecule has 42 heavy (non-hydrogen) atoms. The topological polar surface area (TPSA) is 86.8 Å².